The third-order valence-corrected chi connectivity index (χ3v) is 2.40. The van der Waals surface area contributed by atoms with Crippen molar-refractivity contribution in [3.63, 3.8) is 0 Å². The zero-order chi connectivity index (χ0) is 12.5. The summed E-state index contributed by atoms with van der Waals surface area (Å²) in [5, 5.41) is 1.60. The Morgan fingerprint density at radius 2 is 1.65 bits per heavy atom. The van der Waals surface area contributed by atoms with E-state index in [-0.39, 0.29) is 12.0 Å². The van der Waals surface area contributed by atoms with Crippen molar-refractivity contribution in [2.24, 2.45) is 0 Å². The minimum Gasteiger partial charge on any atom is -0.497 e. The van der Waals surface area contributed by atoms with Crippen LogP contribution >= 0.6 is 0 Å². The van der Waals surface area contributed by atoms with Crippen molar-refractivity contribution < 1.29 is 17.9 Å². The van der Waals surface area contributed by atoms with Crippen LogP contribution in [0.2, 0.25) is 0 Å². The van der Waals surface area contributed by atoms with Gasteiger partial charge in [0.15, 0.2) is 0 Å². The number of hydrogen-bond donors (Lipinski definition) is 0. The Hall–Kier alpha value is -1.71. The highest BCUT2D eigenvalue weighted by atomic mass is 19.4. The van der Waals surface area contributed by atoms with Crippen molar-refractivity contribution in [3.8, 4) is 5.75 Å². The molecule has 0 heterocycles. The summed E-state index contributed by atoms with van der Waals surface area (Å²) in [5.41, 5.74) is 0.148. The Labute approximate surface area is 96.8 Å². The first kappa shape index (κ1) is 11.8. The van der Waals surface area contributed by atoms with Crippen LogP contribution in [-0.4, -0.2) is 13.3 Å². The van der Waals surface area contributed by atoms with Crippen LogP contribution in [0.3, 0.4) is 0 Å². The van der Waals surface area contributed by atoms with Gasteiger partial charge in [0, 0.05) is 0 Å². The van der Waals surface area contributed by atoms with Crippen molar-refractivity contribution in [3.05, 3.63) is 48.4 Å². The fourth-order valence-corrected chi connectivity index (χ4v) is 1.65. The molecule has 0 spiro atoms. The van der Waals surface area contributed by atoms with Gasteiger partial charge in [0.25, 0.3) is 0 Å². The normalized spacial score (nSPS) is 11.8. The molecule has 17 heavy (non-hydrogen) atoms. The van der Waals surface area contributed by atoms with E-state index in [9.17, 15) is 13.2 Å². The molecule has 0 fully saturated rings. The minimum absolute atomic E-state index is 0.148. The summed E-state index contributed by atoms with van der Waals surface area (Å²) >= 11 is 0. The van der Waals surface area contributed by atoms with Crippen LogP contribution in [0.25, 0.3) is 10.8 Å². The molecular weight excluding hydrogens is 229 g/mol. The van der Waals surface area contributed by atoms with Gasteiger partial charge in [-0.05, 0) is 28.5 Å². The lowest BCUT2D eigenvalue weighted by atomic mass is 10.0. The molecule has 0 saturated heterocycles. The Morgan fingerprint density at radius 3 is 2.29 bits per heavy atom. The van der Waals surface area contributed by atoms with Gasteiger partial charge in [-0.15, -0.1) is 0 Å². The van der Waals surface area contributed by atoms with E-state index in [0.29, 0.717) is 5.75 Å². The predicted octanol–water partition coefficient (Wildman–Crippen LogP) is 3.96. The summed E-state index contributed by atoms with van der Waals surface area (Å²) in [6, 6.07) is 9.83. The molecule has 2 aromatic carbocycles. The zero-order valence-corrected chi connectivity index (χ0v) is 9.08. The van der Waals surface area contributed by atoms with Crippen molar-refractivity contribution in [1.29, 1.82) is 0 Å². The number of rotatable bonds is 2. The van der Waals surface area contributed by atoms with Crippen LogP contribution in [-0.2, 0) is 0 Å². The maximum Gasteiger partial charge on any atom is 0.396 e. The molecule has 0 saturated carbocycles. The fourth-order valence-electron chi connectivity index (χ4n) is 1.65. The molecule has 0 aliphatic heterocycles. The maximum absolute atomic E-state index is 12.2. The second-order valence-corrected chi connectivity index (χ2v) is 3.66. The number of hydrogen-bond acceptors (Lipinski definition) is 1. The largest absolute Gasteiger partial charge is 0.497 e. The summed E-state index contributed by atoms with van der Waals surface area (Å²) < 4.78 is 41.6. The van der Waals surface area contributed by atoms with Gasteiger partial charge in [0.2, 0.25) is 0 Å². The van der Waals surface area contributed by atoms with E-state index < -0.39 is 6.18 Å². The molecular formula is C13H10F3O. The van der Waals surface area contributed by atoms with E-state index in [1.807, 2.05) is 0 Å². The van der Waals surface area contributed by atoms with E-state index in [1.165, 1.54) is 12.1 Å². The number of methoxy groups -OCH3 is 1. The molecule has 0 amide bonds. The van der Waals surface area contributed by atoms with Crippen LogP contribution < -0.4 is 4.74 Å². The molecule has 1 nitrogen and oxygen atoms in total. The predicted molar refractivity (Wildman–Crippen MR) is 60.0 cm³/mol. The molecule has 0 unspecified atom stereocenters. The third kappa shape index (κ3) is 2.90. The average molecular weight is 239 g/mol. The van der Waals surface area contributed by atoms with Gasteiger partial charge in [0.05, 0.1) is 13.5 Å². The second kappa shape index (κ2) is 4.28. The van der Waals surface area contributed by atoms with Crippen LogP contribution in [0.5, 0.6) is 5.75 Å². The molecule has 0 N–H and O–H groups in total. The lowest BCUT2D eigenvalue weighted by molar-refractivity contribution is -0.0927. The number of benzene rings is 2. The molecule has 0 aliphatic carbocycles. The van der Waals surface area contributed by atoms with Crippen molar-refractivity contribution in [1.82, 2.24) is 0 Å². The summed E-state index contributed by atoms with van der Waals surface area (Å²) in [5.74, 6) is 0.685. The van der Waals surface area contributed by atoms with E-state index >= 15 is 0 Å². The SMILES string of the molecule is COc1ccc2cc([CH]C(F)(F)F)ccc2c1. The Balaban J connectivity index is 2.38. The first-order chi connectivity index (χ1) is 7.98. The molecule has 2 rings (SSSR count). The van der Waals surface area contributed by atoms with Crippen LogP contribution in [0.15, 0.2) is 36.4 Å². The lowest BCUT2D eigenvalue weighted by Crippen LogP contribution is -2.08. The first-order valence-electron chi connectivity index (χ1n) is 4.98. The Bertz CT molecular complexity index is 532. The molecule has 2 aromatic rings. The lowest BCUT2D eigenvalue weighted by Gasteiger charge is -2.07. The van der Waals surface area contributed by atoms with Gasteiger partial charge in [-0.1, -0.05) is 24.3 Å². The van der Waals surface area contributed by atoms with Crippen molar-refractivity contribution in [2.75, 3.05) is 7.11 Å². The molecule has 0 bridgehead atoms. The van der Waals surface area contributed by atoms with Crippen LogP contribution in [0.4, 0.5) is 13.2 Å². The fraction of sp³-hybridized carbons (Fsp3) is 0.154. The number of halogens is 3. The van der Waals surface area contributed by atoms with Gasteiger partial charge < -0.3 is 4.74 Å². The highest BCUT2D eigenvalue weighted by Crippen LogP contribution is 2.27. The average Bonchev–Trinajstić information content (AvgIpc) is 2.26. The molecule has 0 aromatic heterocycles. The standard InChI is InChI=1S/C13H10F3O/c1-17-12-5-4-10-6-9(8-13(14,15)16)2-3-11(10)7-12/h2-8H,1H3. The number of fused-ring (bicyclic) bond motifs is 1. The first-order valence-corrected chi connectivity index (χ1v) is 4.98. The summed E-state index contributed by atoms with van der Waals surface area (Å²) in [4.78, 5) is 0. The van der Waals surface area contributed by atoms with E-state index in [4.69, 9.17) is 4.74 Å². The molecule has 89 valence electrons. The van der Waals surface area contributed by atoms with Gasteiger partial charge in [0.1, 0.15) is 5.75 Å². The summed E-state index contributed by atoms with van der Waals surface area (Å²) in [6.45, 7) is 0. The van der Waals surface area contributed by atoms with E-state index in [0.717, 1.165) is 10.8 Å². The van der Waals surface area contributed by atoms with Gasteiger partial charge in [-0.3, -0.25) is 0 Å². The van der Waals surface area contributed by atoms with E-state index in [1.54, 1.807) is 31.4 Å². The quantitative estimate of drug-likeness (QED) is 0.770. The maximum atomic E-state index is 12.2. The topological polar surface area (TPSA) is 9.23 Å². The summed E-state index contributed by atoms with van der Waals surface area (Å²) in [7, 11) is 1.55. The highest BCUT2D eigenvalue weighted by Gasteiger charge is 2.28. The second-order valence-electron chi connectivity index (χ2n) is 3.66. The zero-order valence-electron chi connectivity index (χ0n) is 9.08. The Kier molecular flexibility index (Phi) is 2.96. The van der Waals surface area contributed by atoms with Crippen LogP contribution in [0, 0.1) is 6.42 Å². The van der Waals surface area contributed by atoms with Crippen molar-refractivity contribution in [2.45, 2.75) is 6.18 Å². The molecule has 0 aliphatic rings. The summed E-state index contributed by atoms with van der Waals surface area (Å²) in [6.07, 6.45) is -4.00. The van der Waals surface area contributed by atoms with E-state index in [2.05, 4.69) is 0 Å². The van der Waals surface area contributed by atoms with Crippen LogP contribution in [0.1, 0.15) is 5.56 Å². The highest BCUT2D eigenvalue weighted by molar-refractivity contribution is 5.84. The molecule has 1 radical (unpaired) electrons. The molecule has 0 atom stereocenters. The number of ether oxygens (including phenoxy) is 1. The molecule has 4 heteroatoms. The van der Waals surface area contributed by atoms with Gasteiger partial charge >= 0.3 is 6.18 Å². The monoisotopic (exact) mass is 239 g/mol. The Morgan fingerprint density at radius 1 is 1.00 bits per heavy atom. The third-order valence-electron chi connectivity index (χ3n) is 2.40. The number of alkyl halides is 3. The van der Waals surface area contributed by atoms with Gasteiger partial charge in [-0.2, -0.15) is 13.2 Å². The smallest absolute Gasteiger partial charge is 0.396 e. The minimum atomic E-state index is -4.29. The van der Waals surface area contributed by atoms with Crippen molar-refractivity contribution >= 4 is 10.8 Å². The van der Waals surface area contributed by atoms with Gasteiger partial charge in [-0.25, -0.2) is 0 Å².